The van der Waals surface area contributed by atoms with Crippen molar-refractivity contribution < 1.29 is 0 Å². The summed E-state index contributed by atoms with van der Waals surface area (Å²) in [5, 5.41) is 5.33. The first-order valence-electron chi connectivity index (χ1n) is 5.60. The van der Waals surface area contributed by atoms with Gasteiger partial charge >= 0.3 is 0 Å². The maximum atomic E-state index is 4.55. The third kappa shape index (κ3) is 4.68. The zero-order chi connectivity index (χ0) is 11.3. The molecule has 2 atom stereocenters. The van der Waals surface area contributed by atoms with Crippen molar-refractivity contribution in [3.63, 3.8) is 0 Å². The van der Waals surface area contributed by atoms with E-state index in [4.69, 9.17) is 0 Å². The fourth-order valence-corrected chi connectivity index (χ4v) is 3.11. The van der Waals surface area contributed by atoms with Gasteiger partial charge in [-0.25, -0.2) is 0 Å². The molecule has 0 aromatic carbocycles. The van der Waals surface area contributed by atoms with Crippen molar-refractivity contribution in [3.8, 4) is 0 Å². The van der Waals surface area contributed by atoms with Gasteiger partial charge in [-0.15, -0.1) is 0 Å². The minimum Gasteiger partial charge on any atom is -0.362 e. The average molecular weight is 246 g/mol. The number of hydrogen-bond acceptors (Lipinski definition) is 4. The lowest BCUT2D eigenvalue weighted by Gasteiger charge is -2.16. The Bertz CT molecular complexity index is 217. The van der Waals surface area contributed by atoms with Crippen LogP contribution in [-0.2, 0) is 0 Å². The van der Waals surface area contributed by atoms with E-state index < -0.39 is 0 Å². The molecule has 88 valence electrons. The number of rotatable bonds is 5. The van der Waals surface area contributed by atoms with Crippen LogP contribution in [0.2, 0.25) is 0 Å². The molecule has 0 aromatic rings. The lowest BCUT2D eigenvalue weighted by Crippen LogP contribution is -2.30. The highest BCUT2D eigenvalue weighted by molar-refractivity contribution is 8.14. The van der Waals surface area contributed by atoms with E-state index in [1.165, 1.54) is 12.2 Å². The largest absolute Gasteiger partial charge is 0.362 e. The molecule has 1 rings (SSSR count). The predicted molar refractivity (Wildman–Crippen MR) is 74.1 cm³/mol. The molecule has 1 N–H and O–H groups in total. The minimum atomic E-state index is 0.551. The maximum absolute atomic E-state index is 4.55. The van der Waals surface area contributed by atoms with Gasteiger partial charge in [0.25, 0.3) is 0 Å². The number of hydrogen-bond donors (Lipinski definition) is 1. The van der Waals surface area contributed by atoms with Gasteiger partial charge in [0.05, 0.1) is 6.54 Å². The van der Waals surface area contributed by atoms with E-state index in [2.05, 4.69) is 37.3 Å². The lowest BCUT2D eigenvalue weighted by molar-refractivity contribution is 0.620. The molecular weight excluding hydrogens is 224 g/mol. The molecule has 15 heavy (non-hydrogen) atoms. The SMILES string of the molecule is CSCCC(C)NC1=NCC(C(C)C)S1. The van der Waals surface area contributed by atoms with Crippen LogP contribution < -0.4 is 5.32 Å². The Morgan fingerprint density at radius 1 is 1.53 bits per heavy atom. The minimum absolute atomic E-state index is 0.551. The van der Waals surface area contributed by atoms with Gasteiger partial charge in [-0.2, -0.15) is 11.8 Å². The summed E-state index contributed by atoms with van der Waals surface area (Å²) in [6.45, 7) is 7.77. The maximum Gasteiger partial charge on any atom is 0.157 e. The summed E-state index contributed by atoms with van der Waals surface area (Å²) in [6, 6.07) is 0.551. The molecule has 1 aliphatic heterocycles. The van der Waals surface area contributed by atoms with E-state index in [-0.39, 0.29) is 0 Å². The number of aliphatic imine (C=N–C) groups is 1. The molecule has 0 aromatic heterocycles. The fourth-order valence-electron chi connectivity index (χ4n) is 1.39. The molecule has 0 saturated carbocycles. The van der Waals surface area contributed by atoms with Crippen LogP contribution in [0.3, 0.4) is 0 Å². The highest BCUT2D eigenvalue weighted by atomic mass is 32.2. The van der Waals surface area contributed by atoms with Crippen LogP contribution in [0.25, 0.3) is 0 Å². The summed E-state index contributed by atoms with van der Waals surface area (Å²) in [7, 11) is 0. The van der Waals surface area contributed by atoms with Crippen molar-refractivity contribution in [2.45, 2.75) is 38.5 Å². The van der Waals surface area contributed by atoms with Crippen LogP contribution >= 0.6 is 23.5 Å². The molecule has 1 aliphatic rings. The molecule has 0 amide bonds. The summed E-state index contributed by atoms with van der Waals surface area (Å²) in [5.74, 6) is 1.94. The summed E-state index contributed by atoms with van der Waals surface area (Å²) < 4.78 is 0. The average Bonchev–Trinajstić information content (AvgIpc) is 2.63. The van der Waals surface area contributed by atoms with E-state index in [0.717, 1.165) is 17.6 Å². The van der Waals surface area contributed by atoms with Crippen LogP contribution in [0.5, 0.6) is 0 Å². The summed E-state index contributed by atoms with van der Waals surface area (Å²) in [6.07, 6.45) is 3.37. The smallest absolute Gasteiger partial charge is 0.157 e. The first-order chi connectivity index (χ1) is 7.13. The molecule has 0 bridgehead atoms. The van der Waals surface area contributed by atoms with Gasteiger partial charge in [0.1, 0.15) is 0 Å². The van der Waals surface area contributed by atoms with Crippen molar-refractivity contribution in [2.75, 3.05) is 18.6 Å². The first-order valence-corrected chi connectivity index (χ1v) is 7.87. The second-order valence-corrected chi connectivity index (χ2v) is 6.59. The van der Waals surface area contributed by atoms with Crippen molar-refractivity contribution in [1.82, 2.24) is 5.32 Å². The van der Waals surface area contributed by atoms with Gasteiger partial charge in [-0.1, -0.05) is 25.6 Å². The van der Waals surface area contributed by atoms with Gasteiger partial charge in [0.2, 0.25) is 0 Å². The number of amidine groups is 1. The lowest BCUT2D eigenvalue weighted by atomic mass is 10.1. The fraction of sp³-hybridized carbons (Fsp3) is 0.909. The van der Waals surface area contributed by atoms with Crippen molar-refractivity contribution in [2.24, 2.45) is 10.9 Å². The van der Waals surface area contributed by atoms with Crippen LogP contribution in [0, 0.1) is 5.92 Å². The standard InChI is InChI=1S/C11H22N2S2/c1-8(2)10-7-12-11(15-10)13-9(3)5-6-14-4/h8-10H,5-7H2,1-4H3,(H,12,13). The third-order valence-corrected chi connectivity index (χ3v) is 4.66. The van der Waals surface area contributed by atoms with E-state index in [1.54, 1.807) is 0 Å². The molecule has 0 fully saturated rings. The highest BCUT2D eigenvalue weighted by Gasteiger charge is 2.22. The van der Waals surface area contributed by atoms with E-state index in [0.29, 0.717) is 11.3 Å². The summed E-state index contributed by atoms with van der Waals surface area (Å²) >= 11 is 3.82. The first kappa shape index (κ1) is 13.2. The topological polar surface area (TPSA) is 24.4 Å². The molecule has 2 unspecified atom stereocenters. The Morgan fingerprint density at radius 3 is 2.80 bits per heavy atom. The third-order valence-electron chi connectivity index (χ3n) is 2.55. The van der Waals surface area contributed by atoms with Crippen LogP contribution in [0.1, 0.15) is 27.2 Å². The Morgan fingerprint density at radius 2 is 2.27 bits per heavy atom. The Hall–Kier alpha value is 0.170. The molecule has 0 saturated heterocycles. The van der Waals surface area contributed by atoms with Gasteiger partial charge in [-0.05, 0) is 31.3 Å². The molecule has 2 nitrogen and oxygen atoms in total. The van der Waals surface area contributed by atoms with E-state index >= 15 is 0 Å². The second kappa shape index (κ2) is 6.69. The highest BCUT2D eigenvalue weighted by Crippen LogP contribution is 2.26. The van der Waals surface area contributed by atoms with E-state index in [1.807, 2.05) is 23.5 Å². The van der Waals surface area contributed by atoms with Crippen molar-refractivity contribution >= 4 is 28.7 Å². The van der Waals surface area contributed by atoms with Crippen LogP contribution in [0.15, 0.2) is 4.99 Å². The normalized spacial score (nSPS) is 23.0. The molecule has 1 heterocycles. The number of nitrogens with one attached hydrogen (secondary N) is 1. The molecule has 0 radical (unpaired) electrons. The second-order valence-electron chi connectivity index (χ2n) is 4.37. The number of nitrogens with zero attached hydrogens (tertiary/aromatic N) is 1. The van der Waals surface area contributed by atoms with Crippen LogP contribution in [0.4, 0.5) is 0 Å². The quantitative estimate of drug-likeness (QED) is 0.807. The monoisotopic (exact) mass is 246 g/mol. The molecular formula is C11H22N2S2. The number of thioether (sulfide) groups is 2. The molecule has 0 spiro atoms. The van der Waals surface area contributed by atoms with Gasteiger partial charge in [-0.3, -0.25) is 4.99 Å². The summed E-state index contributed by atoms with van der Waals surface area (Å²) in [4.78, 5) is 4.55. The van der Waals surface area contributed by atoms with Crippen molar-refractivity contribution in [1.29, 1.82) is 0 Å². The van der Waals surface area contributed by atoms with Gasteiger partial charge in [0, 0.05) is 11.3 Å². The zero-order valence-electron chi connectivity index (χ0n) is 10.1. The Balaban J connectivity index is 2.23. The van der Waals surface area contributed by atoms with Gasteiger partial charge in [0.15, 0.2) is 5.17 Å². The zero-order valence-corrected chi connectivity index (χ0v) is 11.8. The Labute approximate surface area is 102 Å². The Kier molecular flexibility index (Phi) is 5.90. The van der Waals surface area contributed by atoms with Crippen LogP contribution in [-0.4, -0.2) is 35.0 Å². The van der Waals surface area contributed by atoms with E-state index in [9.17, 15) is 0 Å². The van der Waals surface area contributed by atoms with Gasteiger partial charge < -0.3 is 5.32 Å². The van der Waals surface area contributed by atoms with Crippen molar-refractivity contribution in [3.05, 3.63) is 0 Å². The molecule has 4 heteroatoms. The molecule has 0 aliphatic carbocycles. The predicted octanol–water partition coefficient (Wildman–Crippen LogP) is 2.85. The summed E-state index contributed by atoms with van der Waals surface area (Å²) in [5.41, 5.74) is 0.